The first-order chi connectivity index (χ1) is 11.6. The number of hydrogen-bond acceptors (Lipinski definition) is 4. The Morgan fingerprint density at radius 2 is 1.71 bits per heavy atom. The van der Waals surface area contributed by atoms with Gasteiger partial charge in [0.25, 0.3) is 5.56 Å². The molecule has 122 valence electrons. The Hall–Kier alpha value is -3.28. The molecule has 0 aliphatic rings. The highest BCUT2D eigenvalue weighted by Crippen LogP contribution is 2.24. The molecule has 6 nitrogen and oxygen atoms in total. The topological polar surface area (TPSA) is 84.2 Å². The maximum absolute atomic E-state index is 11.8. The number of benzene rings is 2. The zero-order valence-electron chi connectivity index (χ0n) is 13.0. The number of nitrogens with one attached hydrogen (secondary N) is 2. The molecule has 0 saturated heterocycles. The van der Waals surface area contributed by atoms with Gasteiger partial charge in [0.05, 0.1) is 7.11 Å². The highest BCUT2D eigenvalue weighted by molar-refractivity contribution is 5.37. The molecule has 3 rings (SSSR count). The molecular formula is C18H16N2O4. The third-order valence-electron chi connectivity index (χ3n) is 3.48. The van der Waals surface area contributed by atoms with Crippen LogP contribution in [0.2, 0.25) is 0 Å². The first-order valence-electron chi connectivity index (χ1n) is 7.36. The summed E-state index contributed by atoms with van der Waals surface area (Å²) in [7, 11) is 1.61. The number of rotatable bonds is 5. The third kappa shape index (κ3) is 3.73. The van der Waals surface area contributed by atoms with E-state index in [-0.39, 0.29) is 5.56 Å². The average Bonchev–Trinajstić information content (AvgIpc) is 2.58. The SMILES string of the molecule is COc1ccc(Oc2cccc(Cc3c[nH]c(=O)[nH]c3=O)c2)cc1. The summed E-state index contributed by atoms with van der Waals surface area (Å²) in [5, 5.41) is 0. The van der Waals surface area contributed by atoms with Gasteiger partial charge in [-0.05, 0) is 42.0 Å². The van der Waals surface area contributed by atoms with Crippen LogP contribution in [-0.4, -0.2) is 17.1 Å². The maximum Gasteiger partial charge on any atom is 0.325 e. The lowest BCUT2D eigenvalue weighted by atomic mass is 10.1. The zero-order chi connectivity index (χ0) is 16.9. The summed E-state index contributed by atoms with van der Waals surface area (Å²) in [5.74, 6) is 2.11. The summed E-state index contributed by atoms with van der Waals surface area (Å²) in [6.07, 6.45) is 1.82. The van der Waals surface area contributed by atoms with E-state index < -0.39 is 5.69 Å². The quantitative estimate of drug-likeness (QED) is 0.755. The molecule has 1 aromatic heterocycles. The molecule has 0 saturated carbocycles. The third-order valence-corrected chi connectivity index (χ3v) is 3.48. The molecule has 0 unspecified atom stereocenters. The molecule has 0 amide bonds. The van der Waals surface area contributed by atoms with E-state index in [0.29, 0.717) is 23.5 Å². The molecule has 0 fully saturated rings. The fourth-order valence-electron chi connectivity index (χ4n) is 2.29. The molecule has 6 heteroatoms. The van der Waals surface area contributed by atoms with Crippen LogP contribution in [0.25, 0.3) is 0 Å². The van der Waals surface area contributed by atoms with Gasteiger partial charge in [0.15, 0.2) is 0 Å². The molecule has 0 radical (unpaired) electrons. The minimum absolute atomic E-state index is 0.389. The molecule has 0 bridgehead atoms. The van der Waals surface area contributed by atoms with Crippen molar-refractivity contribution in [1.82, 2.24) is 9.97 Å². The van der Waals surface area contributed by atoms with Crippen LogP contribution in [0.4, 0.5) is 0 Å². The average molecular weight is 324 g/mol. The van der Waals surface area contributed by atoms with E-state index >= 15 is 0 Å². The van der Waals surface area contributed by atoms with Crippen molar-refractivity contribution in [2.45, 2.75) is 6.42 Å². The smallest absolute Gasteiger partial charge is 0.325 e. The summed E-state index contributed by atoms with van der Waals surface area (Å²) < 4.78 is 10.9. The first kappa shape index (κ1) is 15.6. The van der Waals surface area contributed by atoms with Crippen LogP contribution in [0.3, 0.4) is 0 Å². The lowest BCUT2D eigenvalue weighted by Gasteiger charge is -2.08. The Labute approximate surface area is 137 Å². The van der Waals surface area contributed by atoms with Crippen molar-refractivity contribution in [3.63, 3.8) is 0 Å². The number of methoxy groups -OCH3 is 1. The maximum atomic E-state index is 11.8. The fourth-order valence-corrected chi connectivity index (χ4v) is 2.29. The summed E-state index contributed by atoms with van der Waals surface area (Å²) in [4.78, 5) is 27.5. The number of aromatic nitrogens is 2. The second kappa shape index (κ2) is 6.87. The van der Waals surface area contributed by atoms with Gasteiger partial charge in [-0.2, -0.15) is 0 Å². The Kier molecular flexibility index (Phi) is 4.47. The molecular weight excluding hydrogens is 308 g/mol. The van der Waals surface area contributed by atoms with Crippen molar-refractivity contribution in [3.8, 4) is 17.2 Å². The van der Waals surface area contributed by atoms with Crippen LogP contribution >= 0.6 is 0 Å². The molecule has 0 aliphatic carbocycles. The van der Waals surface area contributed by atoms with Crippen LogP contribution < -0.4 is 20.7 Å². The highest BCUT2D eigenvalue weighted by atomic mass is 16.5. The van der Waals surface area contributed by atoms with E-state index in [1.807, 2.05) is 48.5 Å². The molecule has 0 aliphatic heterocycles. The van der Waals surface area contributed by atoms with Crippen LogP contribution in [0, 0.1) is 0 Å². The summed E-state index contributed by atoms with van der Waals surface area (Å²) in [5.41, 5.74) is 0.482. The van der Waals surface area contributed by atoms with Crippen molar-refractivity contribution < 1.29 is 9.47 Å². The van der Waals surface area contributed by atoms with Gasteiger partial charge in [0.1, 0.15) is 17.2 Å². The summed E-state index contributed by atoms with van der Waals surface area (Å²) >= 11 is 0. The van der Waals surface area contributed by atoms with Gasteiger partial charge in [0.2, 0.25) is 0 Å². The van der Waals surface area contributed by atoms with E-state index in [4.69, 9.17) is 9.47 Å². The highest BCUT2D eigenvalue weighted by Gasteiger charge is 2.04. The molecule has 3 aromatic rings. The minimum atomic E-state index is -0.514. The second-order valence-electron chi connectivity index (χ2n) is 5.20. The van der Waals surface area contributed by atoms with Crippen molar-refractivity contribution >= 4 is 0 Å². The predicted octanol–water partition coefficient (Wildman–Crippen LogP) is 2.45. The van der Waals surface area contributed by atoms with Crippen molar-refractivity contribution in [2.24, 2.45) is 0 Å². The number of H-pyrrole nitrogens is 2. The molecule has 2 N–H and O–H groups in total. The van der Waals surface area contributed by atoms with Gasteiger partial charge < -0.3 is 14.5 Å². The summed E-state index contributed by atoms with van der Waals surface area (Å²) in [6.45, 7) is 0. The van der Waals surface area contributed by atoms with Crippen LogP contribution in [0.1, 0.15) is 11.1 Å². The Morgan fingerprint density at radius 3 is 2.42 bits per heavy atom. The summed E-state index contributed by atoms with van der Waals surface area (Å²) in [6, 6.07) is 14.7. The lowest BCUT2D eigenvalue weighted by molar-refractivity contribution is 0.413. The van der Waals surface area contributed by atoms with Gasteiger partial charge in [0, 0.05) is 18.2 Å². The van der Waals surface area contributed by atoms with Crippen molar-refractivity contribution in [3.05, 3.63) is 86.7 Å². The molecule has 2 aromatic carbocycles. The number of ether oxygens (including phenoxy) is 2. The van der Waals surface area contributed by atoms with E-state index in [2.05, 4.69) is 9.97 Å². The largest absolute Gasteiger partial charge is 0.497 e. The number of aromatic amines is 2. The van der Waals surface area contributed by atoms with E-state index in [0.717, 1.165) is 11.3 Å². The standard InChI is InChI=1S/C18H16N2O4/c1-23-14-5-7-15(8-6-14)24-16-4-2-3-12(10-16)9-13-11-19-18(22)20-17(13)21/h2-8,10-11H,9H2,1H3,(H2,19,20,21,22). The van der Waals surface area contributed by atoms with E-state index in [1.54, 1.807) is 7.11 Å². The van der Waals surface area contributed by atoms with Crippen LogP contribution in [-0.2, 0) is 6.42 Å². The van der Waals surface area contributed by atoms with E-state index in [1.165, 1.54) is 6.20 Å². The molecule has 0 atom stereocenters. The van der Waals surface area contributed by atoms with Gasteiger partial charge in [-0.3, -0.25) is 9.78 Å². The van der Waals surface area contributed by atoms with Gasteiger partial charge >= 0.3 is 5.69 Å². The monoisotopic (exact) mass is 324 g/mol. The van der Waals surface area contributed by atoms with Crippen molar-refractivity contribution in [1.29, 1.82) is 0 Å². The Balaban J connectivity index is 1.78. The molecule has 0 spiro atoms. The Bertz CT molecular complexity index is 942. The van der Waals surface area contributed by atoms with E-state index in [9.17, 15) is 9.59 Å². The fraction of sp³-hybridized carbons (Fsp3) is 0.111. The first-order valence-corrected chi connectivity index (χ1v) is 7.36. The zero-order valence-corrected chi connectivity index (χ0v) is 13.0. The molecule has 24 heavy (non-hydrogen) atoms. The van der Waals surface area contributed by atoms with Crippen LogP contribution in [0.15, 0.2) is 64.3 Å². The second-order valence-corrected chi connectivity index (χ2v) is 5.20. The normalized spacial score (nSPS) is 10.4. The minimum Gasteiger partial charge on any atom is -0.497 e. The molecule has 1 heterocycles. The predicted molar refractivity (Wildman–Crippen MR) is 90.0 cm³/mol. The van der Waals surface area contributed by atoms with Gasteiger partial charge in [-0.25, -0.2) is 4.79 Å². The lowest BCUT2D eigenvalue weighted by Crippen LogP contribution is -2.24. The Morgan fingerprint density at radius 1 is 0.958 bits per heavy atom. The van der Waals surface area contributed by atoms with Gasteiger partial charge in [-0.1, -0.05) is 12.1 Å². The van der Waals surface area contributed by atoms with Crippen molar-refractivity contribution in [2.75, 3.05) is 7.11 Å². The van der Waals surface area contributed by atoms with Crippen LogP contribution in [0.5, 0.6) is 17.2 Å². The number of hydrogen-bond donors (Lipinski definition) is 2. The van der Waals surface area contributed by atoms with Gasteiger partial charge in [-0.15, -0.1) is 0 Å².